The van der Waals surface area contributed by atoms with Crippen LogP contribution in [0, 0.1) is 5.82 Å². The smallest absolute Gasteiger partial charge is 0.253 e. The molecule has 134 valence electrons. The first-order chi connectivity index (χ1) is 11.3. The van der Waals surface area contributed by atoms with Crippen molar-refractivity contribution in [1.82, 2.24) is 0 Å². The summed E-state index contributed by atoms with van der Waals surface area (Å²) in [6.45, 7) is 2.54. The maximum absolute atomic E-state index is 13.8. The summed E-state index contributed by atoms with van der Waals surface area (Å²) in [7, 11) is -3.49. The lowest BCUT2D eigenvalue weighted by atomic mass is 10.1. The Morgan fingerprint density at radius 2 is 2.21 bits per heavy atom. The van der Waals surface area contributed by atoms with Crippen molar-refractivity contribution in [2.75, 3.05) is 24.8 Å². The van der Waals surface area contributed by atoms with Crippen molar-refractivity contribution in [2.45, 2.75) is 43.3 Å². The van der Waals surface area contributed by atoms with Crippen LogP contribution in [0.15, 0.2) is 23.1 Å². The largest absolute Gasteiger partial charge is 0.376 e. The molecule has 0 aromatic heterocycles. The van der Waals surface area contributed by atoms with Crippen LogP contribution in [0.4, 0.5) is 10.1 Å². The molecule has 0 radical (unpaired) electrons. The highest BCUT2D eigenvalue weighted by Gasteiger charge is 2.20. The van der Waals surface area contributed by atoms with Gasteiger partial charge in [-0.05, 0) is 44.4 Å². The topological polar surface area (TPSA) is 81.7 Å². The van der Waals surface area contributed by atoms with Crippen LogP contribution in [-0.4, -0.2) is 46.0 Å². The number of sulfone groups is 1. The van der Waals surface area contributed by atoms with Gasteiger partial charge in [-0.25, -0.2) is 12.8 Å². The predicted octanol–water partition coefficient (Wildman–Crippen LogP) is 2.14. The molecule has 1 saturated heterocycles. The number of hydrogen-bond acceptors (Lipinski definition) is 5. The summed E-state index contributed by atoms with van der Waals surface area (Å²) in [5.74, 6) is -1.26. The van der Waals surface area contributed by atoms with E-state index in [1.807, 2.05) is 0 Å². The van der Waals surface area contributed by atoms with Crippen molar-refractivity contribution in [1.29, 1.82) is 0 Å². The number of nitrogens with one attached hydrogen (secondary N) is 1. The summed E-state index contributed by atoms with van der Waals surface area (Å²) < 4.78 is 47.8. The Labute approximate surface area is 141 Å². The molecule has 8 heteroatoms. The Morgan fingerprint density at radius 1 is 1.46 bits per heavy atom. The summed E-state index contributed by atoms with van der Waals surface area (Å²) in [6, 6.07) is 3.26. The van der Waals surface area contributed by atoms with E-state index in [1.54, 1.807) is 6.92 Å². The maximum atomic E-state index is 13.8. The first-order valence-electron chi connectivity index (χ1n) is 7.81. The zero-order valence-electron chi connectivity index (χ0n) is 13.7. The minimum atomic E-state index is -3.49. The molecule has 1 N–H and O–H groups in total. The molecule has 0 spiro atoms. The molecule has 1 fully saturated rings. The standard InChI is InChI=1S/C16H22FNO5S/c1-11(23-10-12-5-3-4-8-22-12)16(19)18-15-9-13(24(2,20)21)6-7-14(15)17/h6-7,9,11-12H,3-5,8,10H2,1-2H3,(H,18,19). The molecule has 2 rings (SSSR count). The molecule has 1 heterocycles. The second kappa shape index (κ2) is 8.04. The first kappa shape index (κ1) is 18.8. The molecule has 24 heavy (non-hydrogen) atoms. The van der Waals surface area contributed by atoms with Crippen LogP contribution < -0.4 is 5.32 Å². The van der Waals surface area contributed by atoms with Gasteiger partial charge < -0.3 is 14.8 Å². The van der Waals surface area contributed by atoms with Gasteiger partial charge in [-0.15, -0.1) is 0 Å². The van der Waals surface area contributed by atoms with Crippen LogP contribution in [0.3, 0.4) is 0 Å². The van der Waals surface area contributed by atoms with Crippen molar-refractivity contribution in [3.05, 3.63) is 24.0 Å². The molecule has 1 amide bonds. The van der Waals surface area contributed by atoms with Gasteiger partial charge in [0.05, 0.1) is 23.3 Å². The number of amides is 1. The minimum Gasteiger partial charge on any atom is -0.376 e. The van der Waals surface area contributed by atoms with E-state index in [1.165, 1.54) is 0 Å². The van der Waals surface area contributed by atoms with Crippen LogP contribution in [0.2, 0.25) is 0 Å². The van der Waals surface area contributed by atoms with Crippen molar-refractivity contribution >= 4 is 21.4 Å². The quantitative estimate of drug-likeness (QED) is 0.787. The van der Waals surface area contributed by atoms with E-state index in [0.717, 1.165) is 43.7 Å². The molecule has 2 unspecified atom stereocenters. The van der Waals surface area contributed by atoms with E-state index in [4.69, 9.17) is 9.47 Å². The third-order valence-corrected chi connectivity index (χ3v) is 4.91. The average Bonchev–Trinajstić information content (AvgIpc) is 2.54. The van der Waals surface area contributed by atoms with Crippen molar-refractivity contribution in [3.8, 4) is 0 Å². The van der Waals surface area contributed by atoms with Crippen LogP contribution in [0.25, 0.3) is 0 Å². The highest BCUT2D eigenvalue weighted by Crippen LogP contribution is 2.20. The summed E-state index contributed by atoms with van der Waals surface area (Å²) in [4.78, 5) is 12.0. The molecular weight excluding hydrogens is 337 g/mol. The van der Waals surface area contributed by atoms with E-state index in [2.05, 4.69) is 5.32 Å². The number of rotatable bonds is 6. The van der Waals surface area contributed by atoms with Crippen molar-refractivity contribution in [3.63, 3.8) is 0 Å². The highest BCUT2D eigenvalue weighted by atomic mass is 32.2. The zero-order valence-corrected chi connectivity index (χ0v) is 14.6. The van der Waals surface area contributed by atoms with Gasteiger partial charge in [0.25, 0.3) is 5.91 Å². The molecule has 1 aliphatic heterocycles. The SMILES string of the molecule is CC(OCC1CCCCO1)C(=O)Nc1cc(S(C)(=O)=O)ccc1F. The van der Waals surface area contributed by atoms with E-state index in [-0.39, 0.29) is 16.7 Å². The number of hydrogen-bond donors (Lipinski definition) is 1. The summed E-state index contributed by atoms with van der Waals surface area (Å²) in [6.07, 6.45) is 3.16. The summed E-state index contributed by atoms with van der Waals surface area (Å²) >= 11 is 0. The van der Waals surface area contributed by atoms with Crippen LogP contribution >= 0.6 is 0 Å². The second-order valence-electron chi connectivity index (χ2n) is 5.87. The van der Waals surface area contributed by atoms with E-state index >= 15 is 0 Å². The molecule has 1 aliphatic rings. The second-order valence-corrected chi connectivity index (χ2v) is 7.88. The predicted molar refractivity (Wildman–Crippen MR) is 87.1 cm³/mol. The lowest BCUT2D eigenvalue weighted by Gasteiger charge is -2.24. The van der Waals surface area contributed by atoms with Crippen LogP contribution in [0.5, 0.6) is 0 Å². The van der Waals surface area contributed by atoms with Crippen LogP contribution in [0.1, 0.15) is 26.2 Å². The number of anilines is 1. The minimum absolute atomic E-state index is 0.0284. The fourth-order valence-corrected chi connectivity index (χ4v) is 2.98. The number of halogens is 1. The van der Waals surface area contributed by atoms with Gasteiger partial charge in [0, 0.05) is 12.9 Å². The van der Waals surface area contributed by atoms with Gasteiger partial charge in [-0.1, -0.05) is 0 Å². The van der Waals surface area contributed by atoms with E-state index in [9.17, 15) is 17.6 Å². The van der Waals surface area contributed by atoms with E-state index in [0.29, 0.717) is 13.2 Å². The lowest BCUT2D eigenvalue weighted by Crippen LogP contribution is -2.32. The Hall–Kier alpha value is -1.51. The highest BCUT2D eigenvalue weighted by molar-refractivity contribution is 7.90. The fourth-order valence-electron chi connectivity index (χ4n) is 2.33. The fraction of sp³-hybridized carbons (Fsp3) is 0.562. The number of carbonyl (C=O) groups is 1. The number of carbonyl (C=O) groups excluding carboxylic acids is 1. The van der Waals surface area contributed by atoms with Gasteiger partial charge in [0.2, 0.25) is 0 Å². The van der Waals surface area contributed by atoms with Gasteiger partial charge >= 0.3 is 0 Å². The molecule has 1 aromatic rings. The number of ether oxygens (including phenoxy) is 2. The van der Waals surface area contributed by atoms with Crippen LogP contribution in [-0.2, 0) is 24.1 Å². The zero-order chi connectivity index (χ0) is 17.7. The Balaban J connectivity index is 1.95. The molecule has 0 aliphatic carbocycles. The first-order valence-corrected chi connectivity index (χ1v) is 9.70. The molecule has 6 nitrogen and oxygen atoms in total. The third-order valence-electron chi connectivity index (χ3n) is 3.80. The average molecular weight is 359 g/mol. The third kappa shape index (κ3) is 5.25. The maximum Gasteiger partial charge on any atom is 0.253 e. The lowest BCUT2D eigenvalue weighted by molar-refractivity contribution is -0.130. The summed E-state index contributed by atoms with van der Waals surface area (Å²) in [5.41, 5.74) is -0.188. The molecule has 1 aromatic carbocycles. The molecule has 2 atom stereocenters. The summed E-state index contributed by atoms with van der Waals surface area (Å²) in [5, 5.41) is 2.37. The number of benzene rings is 1. The molecule has 0 bridgehead atoms. The van der Waals surface area contributed by atoms with Gasteiger partial charge in [-0.2, -0.15) is 0 Å². The normalized spacial score (nSPS) is 19.7. The molecular formula is C16H22FNO5S. The van der Waals surface area contributed by atoms with Gasteiger partial charge in [-0.3, -0.25) is 4.79 Å². The Kier molecular flexibility index (Phi) is 6.31. The van der Waals surface area contributed by atoms with Gasteiger partial charge in [0.15, 0.2) is 9.84 Å². The monoisotopic (exact) mass is 359 g/mol. The Bertz CT molecular complexity index is 686. The van der Waals surface area contributed by atoms with Crippen molar-refractivity contribution < 1.29 is 27.1 Å². The Morgan fingerprint density at radius 3 is 2.83 bits per heavy atom. The van der Waals surface area contributed by atoms with Gasteiger partial charge in [0.1, 0.15) is 11.9 Å². The molecule has 0 saturated carbocycles. The van der Waals surface area contributed by atoms with Crippen molar-refractivity contribution in [2.24, 2.45) is 0 Å². The van der Waals surface area contributed by atoms with E-state index < -0.39 is 27.7 Å².